The van der Waals surface area contributed by atoms with Gasteiger partial charge in [0.15, 0.2) is 0 Å². The first-order chi connectivity index (χ1) is 15.5. The molecule has 162 valence electrons. The molecule has 6 heteroatoms. The van der Waals surface area contributed by atoms with E-state index in [0.717, 1.165) is 53.7 Å². The average Bonchev–Trinajstić information content (AvgIpc) is 3.09. The van der Waals surface area contributed by atoms with E-state index < -0.39 is 0 Å². The summed E-state index contributed by atoms with van der Waals surface area (Å²) in [5.74, 6) is -0.113. The van der Waals surface area contributed by atoms with Gasteiger partial charge in [0.25, 0.3) is 5.91 Å². The van der Waals surface area contributed by atoms with Gasteiger partial charge in [-0.05, 0) is 72.5 Å². The van der Waals surface area contributed by atoms with Crippen molar-refractivity contribution in [1.82, 2.24) is 4.90 Å². The number of nitrogens with one attached hydrogen (secondary N) is 2. The van der Waals surface area contributed by atoms with E-state index in [1.165, 1.54) is 16.7 Å². The molecular formula is C26H25ClN4O. The zero-order valence-electron chi connectivity index (χ0n) is 17.9. The number of carbonyl (C=O) groups excluding carboxylic acids is 1. The van der Waals surface area contributed by atoms with Gasteiger partial charge in [-0.2, -0.15) is 0 Å². The van der Waals surface area contributed by atoms with Crippen LogP contribution in [-0.2, 0) is 24.3 Å². The number of hydrogen-bond donors (Lipinski definition) is 3. The van der Waals surface area contributed by atoms with Gasteiger partial charge in [0, 0.05) is 53.0 Å². The summed E-state index contributed by atoms with van der Waals surface area (Å²) in [6.45, 7) is 4.76. The monoisotopic (exact) mass is 444 g/mol. The molecule has 0 radical (unpaired) electrons. The Hall–Kier alpha value is -3.28. The Morgan fingerprint density at radius 3 is 2.72 bits per heavy atom. The smallest absolute Gasteiger partial charge is 0.258 e. The molecular weight excluding hydrogens is 420 g/mol. The summed E-state index contributed by atoms with van der Waals surface area (Å²) in [7, 11) is 0. The van der Waals surface area contributed by atoms with Crippen molar-refractivity contribution in [3.63, 3.8) is 0 Å². The molecule has 2 aliphatic heterocycles. The zero-order valence-corrected chi connectivity index (χ0v) is 18.7. The van der Waals surface area contributed by atoms with E-state index in [-0.39, 0.29) is 5.91 Å². The summed E-state index contributed by atoms with van der Waals surface area (Å²) < 4.78 is 0. The minimum absolute atomic E-state index is 0.113. The van der Waals surface area contributed by atoms with Gasteiger partial charge >= 0.3 is 0 Å². The fourth-order valence-electron chi connectivity index (χ4n) is 4.51. The number of hydrogen-bond acceptors (Lipinski definition) is 4. The minimum atomic E-state index is -0.113. The van der Waals surface area contributed by atoms with Crippen LogP contribution in [0.15, 0.2) is 66.4 Å². The molecule has 0 aromatic heterocycles. The number of nitrogens with zero attached hydrogens (tertiary/aromatic N) is 1. The second kappa shape index (κ2) is 8.34. The van der Waals surface area contributed by atoms with Gasteiger partial charge in [0.1, 0.15) is 0 Å². The number of carbonyl (C=O) groups is 1. The molecule has 3 aromatic carbocycles. The van der Waals surface area contributed by atoms with Crippen molar-refractivity contribution < 1.29 is 4.79 Å². The SMILES string of the molecule is C/C(Nc1ccc(CN2CCc3ccc(Cl)cc3C2)cc1)=C1/C(=O)Nc2ccc(N)cc21. The molecule has 0 atom stereocenters. The van der Waals surface area contributed by atoms with Gasteiger partial charge in [0.2, 0.25) is 0 Å². The van der Waals surface area contributed by atoms with Crippen LogP contribution in [0.4, 0.5) is 17.1 Å². The molecule has 0 fully saturated rings. The van der Waals surface area contributed by atoms with Crippen molar-refractivity contribution in [2.45, 2.75) is 26.4 Å². The number of benzene rings is 3. The minimum Gasteiger partial charge on any atom is -0.399 e. The number of amides is 1. The average molecular weight is 445 g/mol. The normalized spacial score (nSPS) is 16.9. The van der Waals surface area contributed by atoms with Crippen LogP contribution >= 0.6 is 11.6 Å². The van der Waals surface area contributed by atoms with E-state index in [1.807, 2.05) is 25.1 Å². The maximum absolute atomic E-state index is 12.5. The summed E-state index contributed by atoms with van der Waals surface area (Å²) in [6, 6.07) is 20.0. The second-order valence-electron chi connectivity index (χ2n) is 8.45. The van der Waals surface area contributed by atoms with Crippen LogP contribution in [-0.4, -0.2) is 17.4 Å². The van der Waals surface area contributed by atoms with Crippen molar-refractivity contribution in [1.29, 1.82) is 0 Å². The first kappa shape index (κ1) is 20.6. The Bertz CT molecular complexity index is 1230. The fraction of sp³-hybridized carbons (Fsp3) is 0.192. The largest absolute Gasteiger partial charge is 0.399 e. The number of anilines is 3. The number of halogens is 1. The van der Waals surface area contributed by atoms with Crippen LogP contribution in [0.25, 0.3) is 5.57 Å². The molecule has 0 unspecified atom stereocenters. The molecule has 5 nitrogen and oxygen atoms in total. The van der Waals surface area contributed by atoms with Gasteiger partial charge in [-0.25, -0.2) is 0 Å². The molecule has 2 heterocycles. The molecule has 3 aromatic rings. The lowest BCUT2D eigenvalue weighted by Gasteiger charge is -2.29. The van der Waals surface area contributed by atoms with Crippen LogP contribution in [0.2, 0.25) is 5.02 Å². The van der Waals surface area contributed by atoms with Crippen molar-refractivity contribution in [2.75, 3.05) is 22.9 Å². The highest BCUT2D eigenvalue weighted by atomic mass is 35.5. The molecule has 4 N–H and O–H groups in total. The zero-order chi connectivity index (χ0) is 22.2. The maximum Gasteiger partial charge on any atom is 0.258 e. The second-order valence-corrected chi connectivity index (χ2v) is 8.89. The molecule has 32 heavy (non-hydrogen) atoms. The van der Waals surface area contributed by atoms with Crippen molar-refractivity contribution in [2.24, 2.45) is 0 Å². The lowest BCUT2D eigenvalue weighted by molar-refractivity contribution is -0.110. The predicted molar refractivity (Wildman–Crippen MR) is 131 cm³/mol. The van der Waals surface area contributed by atoms with Crippen LogP contribution < -0.4 is 16.4 Å². The van der Waals surface area contributed by atoms with Crippen molar-refractivity contribution >= 4 is 40.1 Å². The summed E-state index contributed by atoms with van der Waals surface area (Å²) >= 11 is 6.17. The molecule has 0 aliphatic carbocycles. The highest BCUT2D eigenvalue weighted by molar-refractivity contribution is 6.32. The Balaban J connectivity index is 1.28. The standard InChI is InChI=1S/C26H25ClN4O/c1-16(25-23-13-21(28)6-9-24(23)30-26(25)32)29-22-7-2-17(3-8-22)14-31-11-10-18-4-5-20(27)12-19(18)15-31/h2-9,12-13,29H,10-11,14-15,28H2,1H3,(H,30,32)/b25-16-. The highest BCUT2D eigenvalue weighted by Crippen LogP contribution is 2.35. The Morgan fingerprint density at radius 1 is 1.09 bits per heavy atom. The van der Waals surface area contributed by atoms with Crippen LogP contribution in [0.3, 0.4) is 0 Å². The summed E-state index contributed by atoms with van der Waals surface area (Å²) in [5, 5.41) is 7.07. The van der Waals surface area contributed by atoms with E-state index in [2.05, 4.69) is 51.9 Å². The maximum atomic E-state index is 12.5. The Morgan fingerprint density at radius 2 is 1.91 bits per heavy atom. The Kier molecular flexibility index (Phi) is 5.37. The third kappa shape index (κ3) is 4.09. The van der Waals surface area contributed by atoms with Gasteiger partial charge in [-0.15, -0.1) is 0 Å². The lowest BCUT2D eigenvalue weighted by atomic mass is 9.99. The van der Waals surface area contributed by atoms with E-state index in [1.54, 1.807) is 6.07 Å². The van der Waals surface area contributed by atoms with E-state index in [0.29, 0.717) is 11.3 Å². The van der Waals surface area contributed by atoms with Crippen LogP contribution in [0, 0.1) is 0 Å². The molecule has 0 spiro atoms. The summed E-state index contributed by atoms with van der Waals surface area (Å²) in [6.07, 6.45) is 1.05. The van der Waals surface area contributed by atoms with Gasteiger partial charge < -0.3 is 16.4 Å². The molecule has 0 bridgehead atoms. The van der Waals surface area contributed by atoms with Crippen molar-refractivity contribution in [3.8, 4) is 0 Å². The molecule has 0 saturated carbocycles. The highest BCUT2D eigenvalue weighted by Gasteiger charge is 2.26. The number of nitrogens with two attached hydrogens (primary N) is 1. The lowest BCUT2D eigenvalue weighted by Crippen LogP contribution is -2.30. The topological polar surface area (TPSA) is 70.4 Å². The third-order valence-corrected chi connectivity index (χ3v) is 6.35. The van der Waals surface area contributed by atoms with E-state index in [9.17, 15) is 4.79 Å². The first-order valence-corrected chi connectivity index (χ1v) is 11.1. The number of allylic oxidation sites excluding steroid dienone is 1. The van der Waals surface area contributed by atoms with E-state index in [4.69, 9.17) is 17.3 Å². The predicted octanol–water partition coefficient (Wildman–Crippen LogP) is 5.28. The number of nitrogen functional groups attached to an aromatic ring is 1. The third-order valence-electron chi connectivity index (χ3n) is 6.11. The summed E-state index contributed by atoms with van der Waals surface area (Å²) in [5.41, 5.74) is 14.5. The molecule has 2 aliphatic rings. The van der Waals surface area contributed by atoms with Gasteiger partial charge in [-0.3, -0.25) is 9.69 Å². The summed E-state index contributed by atoms with van der Waals surface area (Å²) in [4.78, 5) is 14.9. The van der Waals surface area contributed by atoms with Crippen LogP contribution in [0.5, 0.6) is 0 Å². The van der Waals surface area contributed by atoms with Gasteiger partial charge in [0.05, 0.1) is 5.57 Å². The Labute approximate surface area is 192 Å². The number of fused-ring (bicyclic) bond motifs is 2. The molecule has 1 amide bonds. The van der Waals surface area contributed by atoms with Gasteiger partial charge in [-0.1, -0.05) is 29.8 Å². The first-order valence-electron chi connectivity index (χ1n) is 10.7. The molecule has 0 saturated heterocycles. The quantitative estimate of drug-likeness (QED) is 0.378. The molecule has 5 rings (SSSR count). The fourth-order valence-corrected chi connectivity index (χ4v) is 4.70. The van der Waals surface area contributed by atoms with Crippen molar-refractivity contribution in [3.05, 3.63) is 93.6 Å². The number of rotatable bonds is 4. The van der Waals surface area contributed by atoms with E-state index >= 15 is 0 Å². The van der Waals surface area contributed by atoms with Crippen LogP contribution in [0.1, 0.15) is 29.2 Å².